The van der Waals surface area contributed by atoms with Crippen LogP contribution >= 0.6 is 23.5 Å². The van der Waals surface area contributed by atoms with Gasteiger partial charge in [-0.05, 0) is 19.9 Å². The molecule has 82 valence electrons. The van der Waals surface area contributed by atoms with E-state index in [1.807, 2.05) is 0 Å². The minimum absolute atomic E-state index is 0.625. The average molecular weight is 231 g/mol. The maximum atomic E-state index is 4.10. The van der Waals surface area contributed by atoms with E-state index in [0.29, 0.717) is 6.04 Å². The Kier molecular flexibility index (Phi) is 6.06. The molecule has 0 aromatic carbocycles. The van der Waals surface area contributed by atoms with Gasteiger partial charge in [0.05, 0.1) is 0 Å². The van der Waals surface area contributed by atoms with Crippen molar-refractivity contribution in [3.63, 3.8) is 0 Å². The Bertz CT molecular complexity index is 176. The number of hydrogen-bond acceptors (Lipinski definition) is 3. The normalized spacial score (nSPS) is 24.6. The van der Waals surface area contributed by atoms with E-state index >= 15 is 0 Å². The molecule has 3 heteroatoms. The first-order chi connectivity index (χ1) is 6.77. The Labute approximate surface area is 96.5 Å². The van der Waals surface area contributed by atoms with Crippen LogP contribution in [0.4, 0.5) is 0 Å². The minimum Gasteiger partial charge on any atom is -0.316 e. The van der Waals surface area contributed by atoms with E-state index in [2.05, 4.69) is 49.4 Å². The molecule has 0 amide bonds. The van der Waals surface area contributed by atoms with Crippen molar-refractivity contribution in [2.24, 2.45) is 0 Å². The molecule has 14 heavy (non-hydrogen) atoms. The first-order valence-corrected chi connectivity index (χ1v) is 7.51. The average Bonchev–Trinajstić information content (AvgIpc) is 2.26. The molecule has 1 saturated heterocycles. The maximum absolute atomic E-state index is 4.10. The lowest BCUT2D eigenvalue weighted by atomic mass is 10.0. The zero-order chi connectivity index (χ0) is 10.4. The third-order valence-electron chi connectivity index (χ3n) is 2.67. The van der Waals surface area contributed by atoms with Gasteiger partial charge in [0.2, 0.25) is 0 Å². The van der Waals surface area contributed by atoms with Crippen molar-refractivity contribution in [3.05, 3.63) is 12.2 Å². The highest BCUT2D eigenvalue weighted by Gasteiger charge is 2.23. The van der Waals surface area contributed by atoms with Crippen molar-refractivity contribution < 1.29 is 0 Å². The molecule has 0 bridgehead atoms. The minimum atomic E-state index is 0.625. The highest BCUT2D eigenvalue weighted by atomic mass is 32.2. The summed E-state index contributed by atoms with van der Waals surface area (Å²) in [6.45, 7) is 6.29. The largest absolute Gasteiger partial charge is 0.316 e. The monoisotopic (exact) mass is 231 g/mol. The molecule has 0 aromatic rings. The van der Waals surface area contributed by atoms with Gasteiger partial charge in [-0.2, -0.15) is 23.5 Å². The lowest BCUT2D eigenvalue weighted by Crippen LogP contribution is -2.39. The quantitative estimate of drug-likeness (QED) is 0.731. The van der Waals surface area contributed by atoms with Gasteiger partial charge in [0.15, 0.2) is 0 Å². The van der Waals surface area contributed by atoms with E-state index in [0.717, 1.165) is 18.1 Å². The Morgan fingerprint density at radius 2 is 2.36 bits per heavy atom. The summed E-state index contributed by atoms with van der Waals surface area (Å²) in [5, 5.41) is 4.22. The highest BCUT2D eigenvalue weighted by molar-refractivity contribution is 8.06. The first-order valence-electron chi connectivity index (χ1n) is 5.31. The maximum Gasteiger partial charge on any atom is 0.0294 e. The Balaban J connectivity index is 2.39. The van der Waals surface area contributed by atoms with Gasteiger partial charge in [0.1, 0.15) is 0 Å². The van der Waals surface area contributed by atoms with Gasteiger partial charge in [0.25, 0.3) is 0 Å². The van der Waals surface area contributed by atoms with Crippen LogP contribution in [-0.2, 0) is 0 Å². The van der Waals surface area contributed by atoms with Crippen LogP contribution in [-0.4, -0.2) is 35.6 Å². The van der Waals surface area contributed by atoms with Gasteiger partial charge in [-0.15, -0.1) is 0 Å². The van der Waals surface area contributed by atoms with E-state index in [-0.39, 0.29) is 0 Å². The Morgan fingerprint density at radius 1 is 1.57 bits per heavy atom. The van der Waals surface area contributed by atoms with Crippen molar-refractivity contribution >= 4 is 23.5 Å². The van der Waals surface area contributed by atoms with Crippen molar-refractivity contribution in [2.45, 2.75) is 31.1 Å². The summed E-state index contributed by atoms with van der Waals surface area (Å²) >= 11 is 4.21. The van der Waals surface area contributed by atoms with Gasteiger partial charge in [-0.1, -0.05) is 19.1 Å². The Hall–Kier alpha value is 0.400. The van der Waals surface area contributed by atoms with Crippen LogP contribution in [0.15, 0.2) is 12.2 Å². The molecule has 1 rings (SSSR count). The highest BCUT2D eigenvalue weighted by Crippen LogP contribution is 2.28. The second-order valence-corrected chi connectivity index (χ2v) is 6.18. The number of nitrogens with one attached hydrogen (secondary N) is 1. The summed E-state index contributed by atoms with van der Waals surface area (Å²) < 4.78 is 0. The molecular weight excluding hydrogens is 210 g/mol. The van der Waals surface area contributed by atoms with Crippen LogP contribution in [0.1, 0.15) is 19.8 Å². The van der Waals surface area contributed by atoms with Crippen LogP contribution in [0.3, 0.4) is 0 Å². The molecule has 1 heterocycles. The van der Waals surface area contributed by atoms with E-state index < -0.39 is 0 Å². The standard InChI is InChI=1S/C11H21NS2/c1-4-9(2)7-10(12-3)11-8-13-5-6-14-11/h10-12H,2,4-8H2,1,3H3. The van der Waals surface area contributed by atoms with Crippen molar-refractivity contribution in [1.82, 2.24) is 5.32 Å². The van der Waals surface area contributed by atoms with Crippen LogP contribution in [0.5, 0.6) is 0 Å². The summed E-state index contributed by atoms with van der Waals surface area (Å²) in [6.07, 6.45) is 2.26. The van der Waals surface area contributed by atoms with E-state index in [4.69, 9.17) is 0 Å². The molecule has 2 atom stereocenters. The molecule has 1 N–H and O–H groups in total. The molecular formula is C11H21NS2. The molecule has 1 aliphatic heterocycles. The summed E-state index contributed by atoms with van der Waals surface area (Å²) in [5.41, 5.74) is 1.38. The summed E-state index contributed by atoms with van der Waals surface area (Å²) in [5.74, 6) is 3.94. The molecule has 0 aliphatic carbocycles. The fraction of sp³-hybridized carbons (Fsp3) is 0.818. The topological polar surface area (TPSA) is 12.0 Å². The van der Waals surface area contributed by atoms with Crippen molar-refractivity contribution in [1.29, 1.82) is 0 Å². The van der Waals surface area contributed by atoms with Crippen molar-refractivity contribution in [3.8, 4) is 0 Å². The first kappa shape index (κ1) is 12.5. The lowest BCUT2D eigenvalue weighted by molar-refractivity contribution is 0.550. The van der Waals surface area contributed by atoms with Gasteiger partial charge in [-0.3, -0.25) is 0 Å². The second-order valence-electron chi connectivity index (χ2n) is 3.69. The second kappa shape index (κ2) is 6.81. The van der Waals surface area contributed by atoms with Crippen molar-refractivity contribution in [2.75, 3.05) is 24.3 Å². The number of thioether (sulfide) groups is 2. The summed E-state index contributed by atoms with van der Waals surface area (Å²) in [4.78, 5) is 0. The molecule has 2 unspecified atom stereocenters. The Morgan fingerprint density at radius 3 is 2.86 bits per heavy atom. The molecule has 0 saturated carbocycles. The molecule has 0 spiro atoms. The predicted octanol–water partition coefficient (Wildman–Crippen LogP) is 2.78. The number of hydrogen-bond donors (Lipinski definition) is 1. The third kappa shape index (κ3) is 3.87. The lowest BCUT2D eigenvalue weighted by Gasteiger charge is -2.29. The number of rotatable bonds is 5. The van der Waals surface area contributed by atoms with Crippen LogP contribution < -0.4 is 5.32 Å². The summed E-state index contributed by atoms with van der Waals surface area (Å²) in [6, 6.07) is 0.625. The van der Waals surface area contributed by atoms with Gasteiger partial charge >= 0.3 is 0 Å². The van der Waals surface area contributed by atoms with Gasteiger partial charge in [0, 0.05) is 28.6 Å². The van der Waals surface area contributed by atoms with E-state index in [9.17, 15) is 0 Å². The smallest absolute Gasteiger partial charge is 0.0294 e. The molecule has 1 fully saturated rings. The molecule has 1 nitrogen and oxygen atoms in total. The SMILES string of the molecule is C=C(CC)CC(NC)C1CSCCS1. The molecule has 1 aliphatic rings. The van der Waals surface area contributed by atoms with E-state index in [1.54, 1.807) is 0 Å². The molecule has 0 aromatic heterocycles. The zero-order valence-electron chi connectivity index (χ0n) is 9.21. The zero-order valence-corrected chi connectivity index (χ0v) is 10.8. The third-order valence-corrected chi connectivity index (χ3v) is 5.59. The van der Waals surface area contributed by atoms with Gasteiger partial charge in [-0.25, -0.2) is 0 Å². The fourth-order valence-electron chi connectivity index (χ4n) is 1.61. The van der Waals surface area contributed by atoms with Crippen LogP contribution in [0, 0.1) is 0 Å². The van der Waals surface area contributed by atoms with E-state index in [1.165, 1.54) is 22.8 Å². The van der Waals surface area contributed by atoms with Gasteiger partial charge < -0.3 is 5.32 Å². The summed E-state index contributed by atoms with van der Waals surface area (Å²) in [7, 11) is 2.08. The predicted molar refractivity (Wildman–Crippen MR) is 70.5 cm³/mol. The fourth-order valence-corrected chi connectivity index (χ4v) is 4.54. The van der Waals surface area contributed by atoms with Crippen LogP contribution in [0.25, 0.3) is 0 Å². The molecule has 0 radical (unpaired) electrons. The van der Waals surface area contributed by atoms with Crippen LogP contribution in [0.2, 0.25) is 0 Å².